The summed E-state index contributed by atoms with van der Waals surface area (Å²) in [5, 5.41) is 33.5. The fourth-order valence-corrected chi connectivity index (χ4v) is 3.18. The number of phenolic OH excluding ortho intramolecular Hbond substituents is 1. The van der Waals surface area contributed by atoms with Crippen LogP contribution in [0.3, 0.4) is 0 Å². The summed E-state index contributed by atoms with van der Waals surface area (Å²) in [6, 6.07) is 12.4. The van der Waals surface area contributed by atoms with Crippen LogP contribution in [0, 0.1) is 6.92 Å². The highest BCUT2D eigenvalue weighted by molar-refractivity contribution is 6.07. The number of aromatic nitrogens is 1. The van der Waals surface area contributed by atoms with Gasteiger partial charge in [-0.1, -0.05) is 24.3 Å². The Kier molecular flexibility index (Phi) is 4.50. The van der Waals surface area contributed by atoms with Crippen molar-refractivity contribution in [2.75, 3.05) is 5.01 Å². The van der Waals surface area contributed by atoms with Crippen LogP contribution in [0.1, 0.15) is 33.3 Å². The van der Waals surface area contributed by atoms with E-state index in [0.717, 1.165) is 5.01 Å². The molecule has 0 saturated heterocycles. The Bertz CT molecular complexity index is 1280. The number of aliphatic hydroxyl groups is 2. The lowest BCUT2D eigenvalue weighted by Crippen LogP contribution is -2.38. The van der Waals surface area contributed by atoms with E-state index in [1.54, 1.807) is 37.3 Å². The third-order valence-electron chi connectivity index (χ3n) is 4.74. The Morgan fingerprint density at radius 3 is 2.31 bits per heavy atom. The second-order valence-corrected chi connectivity index (χ2v) is 6.63. The monoisotopic (exact) mass is 391 g/mol. The molecule has 1 amide bonds. The Balaban J connectivity index is 1.79. The minimum Gasteiger partial charge on any atom is -0.508 e. The number of amides is 1. The van der Waals surface area contributed by atoms with Gasteiger partial charge in [0.2, 0.25) is 0 Å². The maximum absolute atomic E-state index is 13.0. The first-order chi connectivity index (χ1) is 13.8. The van der Waals surface area contributed by atoms with Crippen molar-refractivity contribution >= 4 is 17.7 Å². The number of carbonyl (C=O) groups is 1. The molecule has 8 heteroatoms. The Hall–Kier alpha value is -3.75. The highest BCUT2D eigenvalue weighted by Gasteiger charge is 2.28. The first-order valence-corrected chi connectivity index (χ1v) is 8.78. The van der Waals surface area contributed by atoms with E-state index in [1.807, 2.05) is 0 Å². The Morgan fingerprint density at radius 2 is 1.69 bits per heavy atom. The number of anilines is 1. The van der Waals surface area contributed by atoms with Gasteiger partial charge in [-0.3, -0.25) is 9.59 Å². The second kappa shape index (κ2) is 7.01. The summed E-state index contributed by atoms with van der Waals surface area (Å²) in [6.07, 6.45) is 0.0328. The molecule has 4 rings (SSSR count). The first-order valence-electron chi connectivity index (χ1n) is 8.78. The average Bonchev–Trinajstić information content (AvgIpc) is 3.03. The van der Waals surface area contributed by atoms with E-state index in [9.17, 15) is 24.9 Å². The van der Waals surface area contributed by atoms with Gasteiger partial charge in [-0.2, -0.15) is 5.01 Å². The van der Waals surface area contributed by atoms with Crippen LogP contribution in [-0.4, -0.2) is 26.2 Å². The van der Waals surface area contributed by atoms with Crippen LogP contribution in [0.5, 0.6) is 5.75 Å². The van der Waals surface area contributed by atoms with Crippen LogP contribution < -0.4 is 21.3 Å². The normalized spacial score (nSPS) is 13.7. The number of benzene rings is 2. The van der Waals surface area contributed by atoms with Crippen LogP contribution in [0.15, 0.2) is 58.4 Å². The molecule has 0 bridgehead atoms. The molecule has 4 N–H and O–H groups in total. The number of fused-ring (bicyclic) bond motifs is 1. The van der Waals surface area contributed by atoms with Crippen LogP contribution in [0.2, 0.25) is 0 Å². The standard InChI is InChI=1S/C21H17N3O5/c1-11-16(10-12-2-8-15(25)9-3-12)19(26)22-18-17(11)20(27)24(23-18)14-6-4-13(5-7-14)21(28)29/h2-10,21,25,28-29H,1H3,(H,22,23,26)/b16-10-. The molecule has 0 radical (unpaired) electrons. The molecule has 0 saturated carbocycles. The number of H-pyrrole nitrogens is 1. The van der Waals surface area contributed by atoms with Crippen molar-refractivity contribution in [3.05, 3.63) is 91.8 Å². The van der Waals surface area contributed by atoms with E-state index in [-0.39, 0.29) is 22.4 Å². The molecule has 0 atom stereocenters. The Labute approximate surface area is 164 Å². The molecule has 1 aliphatic heterocycles. The average molecular weight is 391 g/mol. The van der Waals surface area contributed by atoms with E-state index in [1.165, 1.54) is 24.3 Å². The number of hydrogen-bond acceptors (Lipinski definition) is 6. The molecule has 2 aromatic carbocycles. The van der Waals surface area contributed by atoms with Crippen molar-refractivity contribution in [1.82, 2.24) is 4.98 Å². The predicted octanol–water partition coefficient (Wildman–Crippen LogP) is 0.396. The van der Waals surface area contributed by atoms with Crippen molar-refractivity contribution in [1.29, 1.82) is 0 Å². The largest absolute Gasteiger partial charge is 0.508 e. The summed E-state index contributed by atoms with van der Waals surface area (Å²) >= 11 is 0. The maximum atomic E-state index is 13.0. The number of hydrogen-bond donors (Lipinski definition) is 4. The molecule has 1 aliphatic rings. The molecule has 0 spiro atoms. The van der Waals surface area contributed by atoms with E-state index in [0.29, 0.717) is 27.6 Å². The predicted molar refractivity (Wildman–Crippen MR) is 105 cm³/mol. The summed E-state index contributed by atoms with van der Waals surface area (Å²) in [6.45, 7) is 1.68. The zero-order valence-electron chi connectivity index (χ0n) is 15.3. The van der Waals surface area contributed by atoms with Crippen molar-refractivity contribution in [2.24, 2.45) is 5.10 Å². The third kappa shape index (κ3) is 3.31. The molecule has 3 aromatic rings. The summed E-state index contributed by atoms with van der Waals surface area (Å²) in [5.41, 5.74) is 2.00. The highest BCUT2D eigenvalue weighted by atomic mass is 16.5. The minimum atomic E-state index is -1.61. The van der Waals surface area contributed by atoms with Gasteiger partial charge in [0.25, 0.3) is 11.5 Å². The number of phenols is 1. The number of nitrogens with zero attached hydrogens (tertiary/aromatic N) is 2. The van der Waals surface area contributed by atoms with Gasteiger partial charge in [0, 0.05) is 10.8 Å². The van der Waals surface area contributed by atoms with Crippen molar-refractivity contribution < 1.29 is 20.1 Å². The molecule has 2 heterocycles. The van der Waals surface area contributed by atoms with Crippen molar-refractivity contribution in [3.8, 4) is 5.75 Å². The number of aromatic amines is 1. The van der Waals surface area contributed by atoms with Gasteiger partial charge < -0.3 is 20.3 Å². The lowest BCUT2D eigenvalue weighted by molar-refractivity contribution is -0.0424. The third-order valence-corrected chi connectivity index (χ3v) is 4.74. The molecule has 0 aliphatic carbocycles. The highest BCUT2D eigenvalue weighted by Crippen LogP contribution is 2.22. The summed E-state index contributed by atoms with van der Waals surface area (Å²) in [5.74, 6) is -0.280. The number of carbonyl (C=O) groups excluding carboxylic acids is 1. The number of aliphatic hydroxyl groups excluding tert-OH is 1. The lowest BCUT2D eigenvalue weighted by atomic mass is 10.1. The van der Waals surface area contributed by atoms with E-state index < -0.39 is 12.2 Å². The second-order valence-electron chi connectivity index (χ2n) is 6.63. The summed E-state index contributed by atoms with van der Waals surface area (Å²) < 4.78 is 0. The number of aromatic hydroxyl groups is 1. The molecule has 8 nitrogen and oxygen atoms in total. The fourth-order valence-electron chi connectivity index (χ4n) is 3.18. The van der Waals surface area contributed by atoms with Crippen LogP contribution in [0.4, 0.5) is 5.69 Å². The smallest absolute Gasteiger partial charge is 0.282 e. The van der Waals surface area contributed by atoms with E-state index in [4.69, 9.17) is 0 Å². The van der Waals surface area contributed by atoms with Gasteiger partial charge in [-0.25, -0.2) is 0 Å². The molecule has 29 heavy (non-hydrogen) atoms. The fraction of sp³-hybridized carbons (Fsp3) is 0.0952. The quantitative estimate of drug-likeness (QED) is 0.481. The molecular formula is C21H17N3O5. The van der Waals surface area contributed by atoms with Crippen LogP contribution in [-0.2, 0) is 0 Å². The van der Waals surface area contributed by atoms with Crippen molar-refractivity contribution in [2.45, 2.75) is 13.2 Å². The summed E-state index contributed by atoms with van der Waals surface area (Å²) in [7, 11) is 0. The molecule has 0 unspecified atom stereocenters. The lowest BCUT2D eigenvalue weighted by Gasteiger charge is -2.13. The van der Waals surface area contributed by atoms with Gasteiger partial charge in [-0.05, 0) is 48.4 Å². The van der Waals surface area contributed by atoms with Crippen molar-refractivity contribution in [3.63, 3.8) is 0 Å². The van der Waals surface area contributed by atoms with Gasteiger partial charge in [0.1, 0.15) is 5.75 Å². The minimum absolute atomic E-state index is 0.117. The molecule has 146 valence electrons. The van der Waals surface area contributed by atoms with Gasteiger partial charge in [0.05, 0.1) is 11.3 Å². The Morgan fingerprint density at radius 1 is 1.03 bits per heavy atom. The number of pyridine rings is 1. The van der Waals surface area contributed by atoms with E-state index in [2.05, 4.69) is 10.1 Å². The first kappa shape index (κ1) is 18.6. The molecule has 1 aromatic heterocycles. The number of nitrogens with one attached hydrogen (secondary N) is 1. The molecular weight excluding hydrogens is 374 g/mol. The summed E-state index contributed by atoms with van der Waals surface area (Å²) in [4.78, 5) is 28.2. The zero-order chi connectivity index (χ0) is 20.7. The van der Waals surface area contributed by atoms with Gasteiger partial charge in [-0.15, -0.1) is 5.10 Å². The van der Waals surface area contributed by atoms with Crippen LogP contribution in [0.25, 0.3) is 6.08 Å². The van der Waals surface area contributed by atoms with E-state index >= 15 is 0 Å². The SMILES string of the molecule is Cc1c2c([nH]c(=O)/c1=C\c1ccc(O)cc1)=NN(c1ccc(C(O)O)cc1)C2=O. The van der Waals surface area contributed by atoms with Crippen LogP contribution >= 0.6 is 0 Å². The zero-order valence-corrected chi connectivity index (χ0v) is 15.3. The molecule has 0 fully saturated rings. The maximum Gasteiger partial charge on any atom is 0.282 e. The topological polar surface area (TPSA) is 126 Å². The number of rotatable bonds is 3. The van der Waals surface area contributed by atoms with Gasteiger partial charge in [0.15, 0.2) is 11.8 Å². The van der Waals surface area contributed by atoms with Gasteiger partial charge >= 0.3 is 0 Å².